The average molecular weight is 320 g/mol. The van der Waals surface area contributed by atoms with Crippen LogP contribution in [0.1, 0.15) is 35.7 Å². The number of aromatic amines is 1. The highest BCUT2D eigenvalue weighted by Crippen LogP contribution is 2.23. The molecule has 0 atom stereocenters. The van der Waals surface area contributed by atoms with Gasteiger partial charge in [-0.1, -0.05) is 20.3 Å². The zero-order valence-corrected chi connectivity index (χ0v) is 14.3. The van der Waals surface area contributed by atoms with Crippen molar-refractivity contribution in [3.8, 4) is 0 Å². The van der Waals surface area contributed by atoms with Crippen LogP contribution in [0.4, 0.5) is 0 Å². The summed E-state index contributed by atoms with van der Waals surface area (Å²) in [7, 11) is 1.99. The number of nitrogens with one attached hydrogen (secondary N) is 1. The lowest BCUT2D eigenvalue weighted by molar-refractivity contribution is 0.706. The topological polar surface area (TPSA) is 38.5 Å². The minimum atomic E-state index is 0.779. The molecule has 0 aliphatic rings. The second-order valence-electron chi connectivity index (χ2n) is 5.26. The maximum atomic E-state index is 5.52. The maximum absolute atomic E-state index is 5.52. The monoisotopic (exact) mass is 320 g/mol. The Morgan fingerprint density at radius 1 is 1.29 bits per heavy atom. The first kappa shape index (κ1) is 14.5. The van der Waals surface area contributed by atoms with E-state index in [4.69, 9.17) is 12.2 Å². The zero-order chi connectivity index (χ0) is 15.0. The number of imidazole rings is 1. The molecule has 0 radical (unpaired) electrons. The molecule has 0 aliphatic carbocycles. The third-order valence-electron chi connectivity index (χ3n) is 3.69. The molecule has 3 aromatic heterocycles. The van der Waals surface area contributed by atoms with Crippen molar-refractivity contribution < 1.29 is 0 Å². The second kappa shape index (κ2) is 5.77. The number of hydrogen-bond donors (Lipinski definition) is 1. The smallest absolute Gasteiger partial charge is 0.179 e. The highest BCUT2D eigenvalue weighted by atomic mass is 32.1. The van der Waals surface area contributed by atoms with Crippen molar-refractivity contribution in [2.75, 3.05) is 0 Å². The SMILES string of the molecule is CCCc1nn(C)c2c1[nH]c(=S)n2Cc1ccc(CC)s1. The fourth-order valence-corrected chi connectivity index (χ4v) is 3.89. The summed E-state index contributed by atoms with van der Waals surface area (Å²) in [4.78, 5) is 6.09. The molecule has 3 aromatic rings. The molecular formula is C15H20N4S2. The van der Waals surface area contributed by atoms with E-state index in [-0.39, 0.29) is 0 Å². The highest BCUT2D eigenvalue weighted by molar-refractivity contribution is 7.71. The van der Waals surface area contributed by atoms with Crippen molar-refractivity contribution >= 4 is 34.7 Å². The van der Waals surface area contributed by atoms with Crippen molar-refractivity contribution in [3.05, 3.63) is 32.4 Å². The molecule has 0 bridgehead atoms. The quantitative estimate of drug-likeness (QED) is 0.720. The van der Waals surface area contributed by atoms with Gasteiger partial charge in [-0.3, -0.25) is 9.25 Å². The summed E-state index contributed by atoms with van der Waals surface area (Å²) >= 11 is 7.38. The Morgan fingerprint density at radius 2 is 2.05 bits per heavy atom. The first-order chi connectivity index (χ1) is 10.1. The molecular weight excluding hydrogens is 300 g/mol. The zero-order valence-electron chi connectivity index (χ0n) is 12.6. The van der Waals surface area contributed by atoms with E-state index in [9.17, 15) is 0 Å². The predicted molar refractivity (Wildman–Crippen MR) is 90.7 cm³/mol. The molecule has 4 nitrogen and oxygen atoms in total. The Balaban J connectivity index is 2.05. The molecule has 0 saturated carbocycles. The third-order valence-corrected chi connectivity index (χ3v) is 5.23. The Bertz CT molecular complexity index is 819. The highest BCUT2D eigenvalue weighted by Gasteiger charge is 2.15. The van der Waals surface area contributed by atoms with Crippen LogP contribution in [-0.2, 0) is 26.4 Å². The summed E-state index contributed by atoms with van der Waals surface area (Å²) in [6.07, 6.45) is 3.15. The van der Waals surface area contributed by atoms with E-state index < -0.39 is 0 Å². The van der Waals surface area contributed by atoms with E-state index >= 15 is 0 Å². The van der Waals surface area contributed by atoms with Gasteiger partial charge in [-0.05, 0) is 37.2 Å². The van der Waals surface area contributed by atoms with Gasteiger partial charge >= 0.3 is 0 Å². The van der Waals surface area contributed by atoms with Crippen LogP contribution in [0.15, 0.2) is 12.1 Å². The molecule has 0 aliphatic heterocycles. The number of aromatic nitrogens is 4. The normalized spacial score (nSPS) is 11.6. The molecule has 6 heteroatoms. The Morgan fingerprint density at radius 3 is 2.71 bits per heavy atom. The largest absolute Gasteiger partial charge is 0.328 e. The van der Waals surface area contributed by atoms with Crippen LogP contribution >= 0.6 is 23.6 Å². The standard InChI is InChI=1S/C15H20N4S2/c1-4-6-12-13-14(18(3)17-12)19(15(20)16-13)9-11-8-7-10(5-2)21-11/h7-8H,4-6,9H2,1-3H3,(H,16,20). The Hall–Kier alpha value is -1.40. The lowest BCUT2D eigenvalue weighted by atomic mass is 10.2. The minimum absolute atomic E-state index is 0.779. The van der Waals surface area contributed by atoms with Gasteiger partial charge < -0.3 is 4.98 Å². The molecule has 0 spiro atoms. The van der Waals surface area contributed by atoms with Crippen LogP contribution in [-0.4, -0.2) is 19.3 Å². The molecule has 3 rings (SSSR count). The molecule has 3 heterocycles. The molecule has 0 fully saturated rings. The van der Waals surface area contributed by atoms with Gasteiger partial charge in [0.05, 0.1) is 12.2 Å². The van der Waals surface area contributed by atoms with Crippen molar-refractivity contribution in [1.82, 2.24) is 19.3 Å². The van der Waals surface area contributed by atoms with E-state index in [1.54, 1.807) is 0 Å². The fraction of sp³-hybridized carbons (Fsp3) is 0.467. The van der Waals surface area contributed by atoms with Crippen LogP contribution in [0, 0.1) is 4.77 Å². The van der Waals surface area contributed by atoms with Crippen molar-refractivity contribution in [3.63, 3.8) is 0 Å². The first-order valence-corrected chi connectivity index (χ1v) is 8.58. The number of H-pyrrole nitrogens is 1. The van der Waals surface area contributed by atoms with Crippen LogP contribution in [0.25, 0.3) is 11.2 Å². The van der Waals surface area contributed by atoms with Gasteiger partial charge in [0.25, 0.3) is 0 Å². The molecule has 0 saturated heterocycles. The number of nitrogens with zero attached hydrogens (tertiary/aromatic N) is 3. The summed E-state index contributed by atoms with van der Waals surface area (Å²) in [6.45, 7) is 5.17. The molecule has 0 unspecified atom stereocenters. The Labute approximate surface area is 133 Å². The molecule has 1 N–H and O–H groups in total. The first-order valence-electron chi connectivity index (χ1n) is 7.36. The van der Waals surface area contributed by atoms with E-state index in [0.717, 1.165) is 47.4 Å². The molecule has 0 aromatic carbocycles. The number of thiophene rings is 1. The summed E-state index contributed by atoms with van der Waals surface area (Å²) in [5, 5.41) is 4.63. The van der Waals surface area contributed by atoms with E-state index in [2.05, 4.69) is 40.6 Å². The average Bonchev–Trinajstić information content (AvgIpc) is 3.11. The van der Waals surface area contributed by atoms with Crippen LogP contribution in [0.2, 0.25) is 0 Å². The lowest BCUT2D eigenvalue weighted by Gasteiger charge is -2.02. The number of hydrogen-bond acceptors (Lipinski definition) is 3. The van der Waals surface area contributed by atoms with E-state index in [1.165, 1.54) is 9.75 Å². The number of fused-ring (bicyclic) bond motifs is 1. The Kier molecular flexibility index (Phi) is 3.99. The predicted octanol–water partition coefficient (Wildman–Crippen LogP) is 4.06. The second-order valence-corrected chi connectivity index (χ2v) is 6.90. The minimum Gasteiger partial charge on any atom is -0.328 e. The molecule has 21 heavy (non-hydrogen) atoms. The van der Waals surface area contributed by atoms with Crippen molar-refractivity contribution in [1.29, 1.82) is 0 Å². The third kappa shape index (κ3) is 2.58. The number of rotatable bonds is 5. The van der Waals surface area contributed by atoms with Gasteiger partial charge in [-0.15, -0.1) is 11.3 Å². The summed E-state index contributed by atoms with van der Waals surface area (Å²) in [5.41, 5.74) is 3.30. The van der Waals surface area contributed by atoms with Crippen LogP contribution in [0.5, 0.6) is 0 Å². The van der Waals surface area contributed by atoms with Gasteiger partial charge in [0.2, 0.25) is 0 Å². The van der Waals surface area contributed by atoms with Crippen LogP contribution < -0.4 is 0 Å². The van der Waals surface area contributed by atoms with Crippen molar-refractivity contribution in [2.24, 2.45) is 7.05 Å². The van der Waals surface area contributed by atoms with Gasteiger partial charge in [0.1, 0.15) is 5.52 Å². The lowest BCUT2D eigenvalue weighted by Crippen LogP contribution is -2.03. The van der Waals surface area contributed by atoms with Gasteiger partial charge in [-0.2, -0.15) is 5.10 Å². The summed E-state index contributed by atoms with van der Waals surface area (Å²) in [6, 6.07) is 4.41. The number of aryl methyl sites for hydroxylation is 3. The summed E-state index contributed by atoms with van der Waals surface area (Å²) < 4.78 is 4.88. The van der Waals surface area contributed by atoms with Gasteiger partial charge in [0, 0.05) is 16.8 Å². The molecule has 0 amide bonds. The van der Waals surface area contributed by atoms with E-state index in [1.807, 2.05) is 23.1 Å². The molecule has 112 valence electrons. The van der Waals surface area contributed by atoms with Crippen molar-refractivity contribution in [2.45, 2.75) is 39.7 Å². The summed E-state index contributed by atoms with van der Waals surface area (Å²) in [5.74, 6) is 0. The maximum Gasteiger partial charge on any atom is 0.179 e. The fourth-order valence-electron chi connectivity index (χ4n) is 2.69. The van der Waals surface area contributed by atoms with Gasteiger partial charge in [0.15, 0.2) is 10.4 Å². The van der Waals surface area contributed by atoms with E-state index in [0.29, 0.717) is 0 Å². The van der Waals surface area contributed by atoms with Gasteiger partial charge in [-0.25, -0.2) is 0 Å². The van der Waals surface area contributed by atoms with Crippen LogP contribution in [0.3, 0.4) is 0 Å².